The van der Waals surface area contributed by atoms with Crippen molar-refractivity contribution in [3.63, 3.8) is 0 Å². The topological polar surface area (TPSA) is 20.3 Å². The van der Waals surface area contributed by atoms with Crippen LogP contribution in [-0.2, 0) is 11.3 Å². The maximum absolute atomic E-state index is 12.1. The molecule has 0 atom stereocenters. The molecule has 1 amide bonds. The molecule has 1 aromatic heterocycles. The SMILES string of the molecule is CCC(CC)C(=O)N(C)Cc1sccc1C. The number of carbonyl (C=O) groups excluding carboxylic acids is 1. The molecule has 1 heterocycles. The molecule has 0 aromatic carbocycles. The lowest BCUT2D eigenvalue weighted by Crippen LogP contribution is -2.31. The Morgan fingerprint density at radius 3 is 2.50 bits per heavy atom. The maximum atomic E-state index is 12.1. The summed E-state index contributed by atoms with van der Waals surface area (Å²) < 4.78 is 0. The average Bonchev–Trinajstić information content (AvgIpc) is 2.66. The summed E-state index contributed by atoms with van der Waals surface area (Å²) in [5.74, 6) is 0.461. The number of hydrogen-bond donors (Lipinski definition) is 0. The number of thiophene rings is 1. The van der Waals surface area contributed by atoms with Crippen molar-refractivity contribution in [1.29, 1.82) is 0 Å². The zero-order chi connectivity index (χ0) is 12.1. The van der Waals surface area contributed by atoms with Gasteiger partial charge >= 0.3 is 0 Å². The van der Waals surface area contributed by atoms with Crippen molar-refractivity contribution in [2.75, 3.05) is 7.05 Å². The van der Waals surface area contributed by atoms with E-state index in [1.165, 1.54) is 10.4 Å². The number of amides is 1. The first-order valence-corrected chi connectivity index (χ1v) is 6.76. The standard InChI is InChI=1S/C13H21NOS/c1-5-11(6-2)13(15)14(4)9-12-10(3)7-8-16-12/h7-8,11H,5-6,9H2,1-4H3. The minimum atomic E-state index is 0.185. The van der Waals surface area contributed by atoms with Gasteiger partial charge in [-0.05, 0) is 36.8 Å². The van der Waals surface area contributed by atoms with Gasteiger partial charge in [0.15, 0.2) is 0 Å². The van der Waals surface area contributed by atoms with Crippen LogP contribution in [0.4, 0.5) is 0 Å². The second-order valence-corrected chi connectivity index (χ2v) is 5.24. The van der Waals surface area contributed by atoms with E-state index in [-0.39, 0.29) is 11.8 Å². The third-order valence-corrected chi connectivity index (χ3v) is 4.07. The molecule has 0 bridgehead atoms. The van der Waals surface area contributed by atoms with E-state index >= 15 is 0 Å². The Hall–Kier alpha value is -0.830. The normalized spacial score (nSPS) is 10.8. The van der Waals surface area contributed by atoms with Gasteiger partial charge in [-0.25, -0.2) is 0 Å². The molecule has 1 rings (SSSR count). The van der Waals surface area contributed by atoms with E-state index in [0.717, 1.165) is 19.4 Å². The average molecular weight is 239 g/mol. The molecule has 1 aromatic rings. The highest BCUT2D eigenvalue weighted by Gasteiger charge is 2.19. The van der Waals surface area contributed by atoms with E-state index in [4.69, 9.17) is 0 Å². The van der Waals surface area contributed by atoms with Crippen LogP contribution in [0.15, 0.2) is 11.4 Å². The fourth-order valence-corrected chi connectivity index (χ4v) is 2.77. The molecular weight excluding hydrogens is 218 g/mol. The smallest absolute Gasteiger partial charge is 0.225 e. The van der Waals surface area contributed by atoms with E-state index in [2.05, 4.69) is 32.2 Å². The molecular formula is C13H21NOS. The van der Waals surface area contributed by atoms with Crippen LogP contribution in [0.3, 0.4) is 0 Å². The van der Waals surface area contributed by atoms with Gasteiger partial charge in [0.1, 0.15) is 0 Å². The van der Waals surface area contributed by atoms with Crippen molar-refractivity contribution < 1.29 is 4.79 Å². The third-order valence-electron chi connectivity index (χ3n) is 3.06. The summed E-state index contributed by atoms with van der Waals surface area (Å²) in [6.07, 6.45) is 1.87. The van der Waals surface area contributed by atoms with E-state index in [1.54, 1.807) is 11.3 Å². The third kappa shape index (κ3) is 3.08. The van der Waals surface area contributed by atoms with Gasteiger partial charge in [-0.1, -0.05) is 13.8 Å². The summed E-state index contributed by atoms with van der Waals surface area (Å²) in [5.41, 5.74) is 1.29. The second kappa shape index (κ2) is 6.04. The number of hydrogen-bond acceptors (Lipinski definition) is 2. The van der Waals surface area contributed by atoms with E-state index in [9.17, 15) is 4.79 Å². The van der Waals surface area contributed by atoms with Gasteiger partial charge in [-0.2, -0.15) is 0 Å². The van der Waals surface area contributed by atoms with Crippen LogP contribution in [-0.4, -0.2) is 17.9 Å². The van der Waals surface area contributed by atoms with Crippen LogP contribution in [0.5, 0.6) is 0 Å². The van der Waals surface area contributed by atoms with Gasteiger partial charge in [0.05, 0.1) is 6.54 Å². The Kier molecular flexibility index (Phi) is 5.00. The molecule has 0 saturated carbocycles. The highest BCUT2D eigenvalue weighted by Crippen LogP contribution is 2.19. The van der Waals surface area contributed by atoms with E-state index in [0.29, 0.717) is 0 Å². The van der Waals surface area contributed by atoms with Crippen molar-refractivity contribution in [2.24, 2.45) is 5.92 Å². The van der Waals surface area contributed by atoms with Gasteiger partial charge in [0.25, 0.3) is 0 Å². The largest absolute Gasteiger partial charge is 0.340 e. The fourth-order valence-electron chi connectivity index (χ4n) is 1.81. The zero-order valence-corrected chi connectivity index (χ0v) is 11.4. The molecule has 0 saturated heterocycles. The van der Waals surface area contributed by atoms with Crippen LogP contribution in [0.25, 0.3) is 0 Å². The van der Waals surface area contributed by atoms with Crippen molar-refractivity contribution in [1.82, 2.24) is 4.90 Å². The molecule has 0 radical (unpaired) electrons. The molecule has 16 heavy (non-hydrogen) atoms. The molecule has 0 spiro atoms. The molecule has 0 N–H and O–H groups in total. The Bertz CT molecular complexity index is 341. The van der Waals surface area contributed by atoms with Crippen molar-refractivity contribution in [3.05, 3.63) is 21.9 Å². The number of carbonyl (C=O) groups is 1. The monoisotopic (exact) mass is 239 g/mol. The first-order chi connectivity index (χ1) is 7.60. The van der Waals surface area contributed by atoms with Crippen LogP contribution < -0.4 is 0 Å². The lowest BCUT2D eigenvalue weighted by atomic mass is 10.0. The maximum Gasteiger partial charge on any atom is 0.225 e. The second-order valence-electron chi connectivity index (χ2n) is 4.23. The van der Waals surface area contributed by atoms with Gasteiger partial charge in [0.2, 0.25) is 5.91 Å². The van der Waals surface area contributed by atoms with Gasteiger partial charge in [-0.3, -0.25) is 4.79 Å². The Morgan fingerprint density at radius 2 is 2.06 bits per heavy atom. The fraction of sp³-hybridized carbons (Fsp3) is 0.615. The van der Waals surface area contributed by atoms with Gasteiger partial charge in [-0.15, -0.1) is 11.3 Å². The van der Waals surface area contributed by atoms with Crippen LogP contribution in [0.2, 0.25) is 0 Å². The Labute approximate surface area is 102 Å². The summed E-state index contributed by atoms with van der Waals surface area (Å²) in [7, 11) is 1.90. The van der Waals surface area contributed by atoms with E-state index < -0.39 is 0 Å². The highest BCUT2D eigenvalue weighted by atomic mass is 32.1. The van der Waals surface area contributed by atoms with Crippen molar-refractivity contribution in [3.8, 4) is 0 Å². The van der Waals surface area contributed by atoms with Crippen molar-refractivity contribution >= 4 is 17.2 Å². The Morgan fingerprint density at radius 1 is 1.44 bits per heavy atom. The summed E-state index contributed by atoms with van der Waals surface area (Å²) in [6, 6.07) is 2.11. The quantitative estimate of drug-likeness (QED) is 0.770. The van der Waals surface area contributed by atoms with Crippen molar-refractivity contribution in [2.45, 2.75) is 40.2 Å². The lowest BCUT2D eigenvalue weighted by Gasteiger charge is -2.22. The van der Waals surface area contributed by atoms with Crippen LogP contribution >= 0.6 is 11.3 Å². The van der Waals surface area contributed by atoms with Crippen LogP contribution in [0, 0.1) is 12.8 Å². The predicted molar refractivity (Wildman–Crippen MR) is 69.6 cm³/mol. The van der Waals surface area contributed by atoms with Gasteiger partial charge < -0.3 is 4.90 Å². The number of nitrogens with zero attached hydrogens (tertiary/aromatic N) is 1. The summed E-state index contributed by atoms with van der Waals surface area (Å²) in [4.78, 5) is 15.2. The molecule has 90 valence electrons. The minimum Gasteiger partial charge on any atom is -0.340 e. The molecule has 2 nitrogen and oxygen atoms in total. The molecule has 0 fully saturated rings. The first kappa shape index (κ1) is 13.2. The molecule has 0 aliphatic heterocycles. The molecule has 0 unspecified atom stereocenters. The predicted octanol–water partition coefficient (Wildman–Crippen LogP) is 3.45. The summed E-state index contributed by atoms with van der Waals surface area (Å²) in [5, 5.41) is 2.08. The Balaban J connectivity index is 2.62. The molecule has 3 heteroatoms. The van der Waals surface area contributed by atoms with E-state index in [1.807, 2.05) is 11.9 Å². The zero-order valence-electron chi connectivity index (χ0n) is 10.6. The minimum absolute atomic E-state index is 0.185. The number of rotatable bonds is 5. The number of aryl methyl sites for hydroxylation is 1. The van der Waals surface area contributed by atoms with Gasteiger partial charge in [0, 0.05) is 17.8 Å². The highest BCUT2D eigenvalue weighted by molar-refractivity contribution is 7.10. The molecule has 0 aliphatic carbocycles. The lowest BCUT2D eigenvalue weighted by molar-refractivity contribution is -0.134. The summed E-state index contributed by atoms with van der Waals surface area (Å²) in [6.45, 7) is 7.01. The van der Waals surface area contributed by atoms with Crippen LogP contribution in [0.1, 0.15) is 37.1 Å². The molecule has 0 aliphatic rings. The summed E-state index contributed by atoms with van der Waals surface area (Å²) >= 11 is 1.73. The first-order valence-electron chi connectivity index (χ1n) is 5.88.